The van der Waals surface area contributed by atoms with Crippen molar-refractivity contribution in [1.29, 1.82) is 0 Å². The molecule has 172 valence electrons. The van der Waals surface area contributed by atoms with Gasteiger partial charge in [0, 0.05) is 6.61 Å². The molecule has 0 saturated heterocycles. The van der Waals surface area contributed by atoms with Gasteiger partial charge in [0.15, 0.2) is 0 Å². The zero-order valence-corrected chi connectivity index (χ0v) is 19.9. The largest absolute Gasteiger partial charge is 0.376 e. The van der Waals surface area contributed by atoms with E-state index < -0.39 is 25.8 Å². The first-order chi connectivity index (χ1) is 14.2. The molecule has 2 aromatic carbocycles. The molecule has 9 heteroatoms. The first-order valence-electron chi connectivity index (χ1n) is 10.0. The van der Waals surface area contributed by atoms with Crippen LogP contribution in [0.15, 0.2) is 46.2 Å². The molecular weight excluding hydrogens is 440 g/mol. The molecule has 0 aliphatic carbocycles. The molecule has 0 atom stereocenters. The predicted octanol–water partition coefficient (Wildman–Crippen LogP) is 4.16. The number of ether oxygens (including phenoxy) is 1. The smallest absolute Gasteiger partial charge is 0.294 e. The third kappa shape index (κ3) is 7.11. The first kappa shape index (κ1) is 25.5. The number of hydrogen-bond acceptors (Lipinski definition) is 5. The topological polar surface area (TPSA) is 118 Å². The average Bonchev–Trinajstić information content (AvgIpc) is 2.63. The van der Waals surface area contributed by atoms with Gasteiger partial charge in [-0.2, -0.15) is 16.8 Å². The lowest BCUT2D eigenvalue weighted by Gasteiger charge is -2.30. The van der Waals surface area contributed by atoms with Crippen LogP contribution in [0.2, 0.25) is 0 Å². The van der Waals surface area contributed by atoms with Gasteiger partial charge in [-0.1, -0.05) is 35.4 Å². The molecule has 0 spiro atoms. The molecule has 0 saturated carbocycles. The van der Waals surface area contributed by atoms with Crippen molar-refractivity contribution in [2.45, 2.75) is 68.8 Å². The van der Waals surface area contributed by atoms with E-state index in [0.717, 1.165) is 11.1 Å². The molecule has 7 nitrogen and oxygen atoms in total. The average molecular weight is 471 g/mol. The van der Waals surface area contributed by atoms with Crippen molar-refractivity contribution >= 4 is 20.2 Å². The number of aryl methyl sites for hydroxylation is 4. The Hall–Kier alpha value is -1.78. The molecule has 0 aliphatic rings. The van der Waals surface area contributed by atoms with Crippen molar-refractivity contribution in [1.82, 2.24) is 0 Å². The summed E-state index contributed by atoms with van der Waals surface area (Å²) >= 11 is 0. The summed E-state index contributed by atoms with van der Waals surface area (Å²) in [5, 5.41) is 0. The highest BCUT2D eigenvalue weighted by atomic mass is 32.2. The summed E-state index contributed by atoms with van der Waals surface area (Å²) in [4.78, 5) is -0.242. The first-order valence-corrected chi connectivity index (χ1v) is 12.9. The normalized spacial score (nSPS) is 12.8. The van der Waals surface area contributed by atoms with Crippen molar-refractivity contribution in [2.75, 3.05) is 6.61 Å². The zero-order valence-electron chi connectivity index (χ0n) is 18.3. The maximum atomic E-state index is 11.7. The Morgan fingerprint density at radius 3 is 1.52 bits per heavy atom. The van der Waals surface area contributed by atoms with Gasteiger partial charge in [-0.15, -0.1) is 0 Å². The predicted molar refractivity (Wildman–Crippen MR) is 119 cm³/mol. The molecule has 0 bridgehead atoms. The molecule has 2 N–H and O–H groups in total. The van der Waals surface area contributed by atoms with E-state index in [1.807, 2.05) is 27.7 Å². The fraction of sp³-hybridized carbons (Fsp3) is 0.455. The van der Waals surface area contributed by atoms with E-state index in [-0.39, 0.29) is 9.79 Å². The molecule has 0 amide bonds. The summed E-state index contributed by atoms with van der Waals surface area (Å²) in [7, 11) is -8.70. The van der Waals surface area contributed by atoms with Crippen molar-refractivity contribution in [2.24, 2.45) is 0 Å². The molecule has 0 radical (unpaired) electrons. The van der Waals surface area contributed by atoms with Crippen LogP contribution in [-0.2, 0) is 37.8 Å². The van der Waals surface area contributed by atoms with Gasteiger partial charge < -0.3 is 4.74 Å². The Bertz CT molecular complexity index is 1050. The second-order valence-electron chi connectivity index (χ2n) is 8.06. The Balaban J connectivity index is 2.27. The highest BCUT2D eigenvalue weighted by Crippen LogP contribution is 2.29. The van der Waals surface area contributed by atoms with Gasteiger partial charge in [0.1, 0.15) is 0 Å². The fourth-order valence-corrected chi connectivity index (χ4v) is 5.19. The molecule has 0 heterocycles. The maximum absolute atomic E-state index is 11.7. The summed E-state index contributed by atoms with van der Waals surface area (Å²) in [5.74, 6) is 0. The van der Waals surface area contributed by atoms with Crippen LogP contribution < -0.4 is 0 Å². The van der Waals surface area contributed by atoms with E-state index in [4.69, 9.17) is 4.74 Å². The number of benzene rings is 2. The van der Waals surface area contributed by atoms with Gasteiger partial charge in [0.25, 0.3) is 20.2 Å². The van der Waals surface area contributed by atoms with E-state index in [0.29, 0.717) is 43.4 Å². The van der Waals surface area contributed by atoms with E-state index in [1.165, 1.54) is 12.1 Å². The third-order valence-corrected chi connectivity index (χ3v) is 7.24. The Morgan fingerprint density at radius 2 is 1.19 bits per heavy atom. The lowest BCUT2D eigenvalue weighted by atomic mass is 9.89. The maximum Gasteiger partial charge on any atom is 0.294 e. The van der Waals surface area contributed by atoms with Gasteiger partial charge in [-0.25, -0.2) is 0 Å². The molecule has 31 heavy (non-hydrogen) atoms. The van der Waals surface area contributed by atoms with E-state index in [9.17, 15) is 25.9 Å². The van der Waals surface area contributed by atoms with Gasteiger partial charge in [-0.3, -0.25) is 9.11 Å². The zero-order chi connectivity index (χ0) is 23.4. The van der Waals surface area contributed by atoms with Crippen molar-refractivity contribution in [3.8, 4) is 0 Å². The Labute approximate surface area is 185 Å². The lowest BCUT2D eigenvalue weighted by Crippen LogP contribution is -2.31. The molecule has 0 aliphatic heterocycles. The van der Waals surface area contributed by atoms with Gasteiger partial charge in [-0.05, 0) is 76.6 Å². The van der Waals surface area contributed by atoms with E-state index in [2.05, 4.69) is 0 Å². The van der Waals surface area contributed by atoms with Crippen LogP contribution >= 0.6 is 0 Å². The molecule has 0 aromatic heterocycles. The van der Waals surface area contributed by atoms with Gasteiger partial charge in [0.2, 0.25) is 0 Å². The minimum atomic E-state index is -4.35. The van der Waals surface area contributed by atoms with Crippen LogP contribution in [0.1, 0.15) is 48.9 Å². The molecule has 2 rings (SSSR count). The van der Waals surface area contributed by atoms with Crippen LogP contribution in [0.5, 0.6) is 0 Å². The molecular formula is C22H30O7S2. The second-order valence-corrected chi connectivity index (χ2v) is 10.8. The third-order valence-electron chi connectivity index (χ3n) is 5.33. The summed E-state index contributed by atoms with van der Waals surface area (Å²) in [6, 6.07) is 9.50. The Kier molecular flexibility index (Phi) is 8.04. The van der Waals surface area contributed by atoms with Crippen molar-refractivity contribution in [3.05, 3.63) is 58.7 Å². The van der Waals surface area contributed by atoms with E-state index >= 15 is 0 Å². The second kappa shape index (κ2) is 9.79. The summed E-state index contributed by atoms with van der Waals surface area (Å²) in [6.07, 6.45) is 1.62. The molecule has 2 aromatic rings. The Morgan fingerprint density at radius 1 is 0.806 bits per heavy atom. The van der Waals surface area contributed by atoms with Crippen LogP contribution in [-0.4, -0.2) is 38.1 Å². The van der Waals surface area contributed by atoms with Crippen molar-refractivity contribution < 1.29 is 30.7 Å². The quantitative estimate of drug-likeness (QED) is 0.501. The number of hydrogen-bond donors (Lipinski definition) is 2. The van der Waals surface area contributed by atoms with Gasteiger partial charge >= 0.3 is 0 Å². The minimum Gasteiger partial charge on any atom is -0.376 e. The highest BCUT2D eigenvalue weighted by Gasteiger charge is 2.27. The van der Waals surface area contributed by atoms with Crippen LogP contribution in [0, 0.1) is 13.8 Å². The molecule has 0 fully saturated rings. The van der Waals surface area contributed by atoms with Crippen LogP contribution in [0.4, 0.5) is 0 Å². The lowest BCUT2D eigenvalue weighted by molar-refractivity contribution is -0.0368. The van der Waals surface area contributed by atoms with Gasteiger partial charge in [0.05, 0.1) is 15.4 Å². The van der Waals surface area contributed by atoms with E-state index in [1.54, 1.807) is 24.3 Å². The summed E-state index contributed by atoms with van der Waals surface area (Å²) in [6.45, 7) is 7.85. The summed E-state index contributed by atoms with van der Waals surface area (Å²) < 4.78 is 72.0. The monoisotopic (exact) mass is 470 g/mol. The highest BCUT2D eigenvalue weighted by molar-refractivity contribution is 7.86. The van der Waals surface area contributed by atoms with Crippen molar-refractivity contribution in [3.63, 3.8) is 0 Å². The standard InChI is InChI=1S/C22H30O7S2/c1-5-29-22(4,12-10-18-14-16(2)6-8-20(18)30(23,24)25)13-11-19-15-17(3)7-9-21(19)31(26,27)28/h6-9,14-15H,5,10-13H2,1-4H3,(H,23,24,25)(H,26,27,28). The SMILES string of the molecule is CCOC(C)(CCc1cc(C)ccc1S(=O)(=O)O)CCc1cc(C)ccc1S(=O)(=O)O. The fourth-order valence-electron chi connectivity index (χ4n) is 3.73. The molecule has 0 unspecified atom stereocenters. The summed E-state index contributed by atoms with van der Waals surface area (Å²) in [5.41, 5.74) is 2.08. The van der Waals surface area contributed by atoms with Crippen LogP contribution in [0.3, 0.4) is 0 Å². The van der Waals surface area contributed by atoms with Crippen LogP contribution in [0.25, 0.3) is 0 Å². The number of rotatable bonds is 10. The minimum absolute atomic E-state index is 0.121.